The molecule has 144 valence electrons. The van der Waals surface area contributed by atoms with Gasteiger partial charge in [0, 0.05) is 22.7 Å². The van der Waals surface area contributed by atoms with Gasteiger partial charge in [0.05, 0.1) is 5.41 Å². The molecule has 3 aromatic rings. The van der Waals surface area contributed by atoms with E-state index in [4.69, 9.17) is 9.72 Å². The third-order valence-electron chi connectivity index (χ3n) is 5.09. The van der Waals surface area contributed by atoms with Crippen molar-refractivity contribution in [3.63, 3.8) is 0 Å². The fraction of sp³-hybridized carbons (Fsp3) is 0.333. The highest BCUT2D eigenvalue weighted by Gasteiger charge is 2.44. The maximum absolute atomic E-state index is 13.2. The van der Waals surface area contributed by atoms with E-state index in [-0.39, 0.29) is 11.8 Å². The minimum Gasteiger partial charge on any atom is -0.438 e. The Balaban J connectivity index is 1.78. The first-order valence-corrected chi connectivity index (χ1v) is 10.2. The minimum atomic E-state index is -0.756. The third-order valence-corrected chi connectivity index (χ3v) is 5.70. The van der Waals surface area contributed by atoms with Gasteiger partial charge in [0.15, 0.2) is 0 Å². The van der Waals surface area contributed by atoms with E-state index in [0.717, 1.165) is 35.4 Å². The lowest BCUT2D eigenvalue weighted by atomic mass is 9.69. The van der Waals surface area contributed by atoms with Crippen LogP contribution < -0.4 is 10.1 Å². The number of amides is 1. The van der Waals surface area contributed by atoms with Gasteiger partial charge in [0.25, 0.3) is 0 Å². The zero-order valence-corrected chi connectivity index (χ0v) is 16.9. The van der Waals surface area contributed by atoms with Crippen LogP contribution in [0.1, 0.15) is 49.9 Å². The third kappa shape index (κ3) is 3.26. The first-order chi connectivity index (χ1) is 13.5. The normalized spacial score (nSPS) is 15.3. The minimum absolute atomic E-state index is 0.116. The topological polar surface area (TPSA) is 77.0 Å². The first kappa shape index (κ1) is 18.6. The fourth-order valence-electron chi connectivity index (χ4n) is 3.66. The van der Waals surface area contributed by atoms with E-state index < -0.39 is 5.41 Å². The maximum atomic E-state index is 13.2. The number of nitrogens with one attached hydrogen (secondary N) is 1. The Labute approximate surface area is 168 Å². The van der Waals surface area contributed by atoms with Crippen molar-refractivity contribution in [2.24, 2.45) is 5.41 Å². The van der Waals surface area contributed by atoms with Crippen LogP contribution >= 0.6 is 11.3 Å². The number of ether oxygens (including phenoxy) is 1. The fourth-order valence-corrected chi connectivity index (χ4v) is 4.10. The van der Waals surface area contributed by atoms with Crippen molar-refractivity contribution in [2.75, 3.05) is 5.32 Å². The molecule has 0 spiro atoms. The van der Waals surface area contributed by atoms with Gasteiger partial charge >= 0.3 is 0 Å². The Kier molecular flexibility index (Phi) is 4.85. The number of anilines is 1. The van der Waals surface area contributed by atoms with Crippen molar-refractivity contribution in [3.05, 3.63) is 58.7 Å². The van der Waals surface area contributed by atoms with E-state index in [1.165, 1.54) is 11.3 Å². The second-order valence-corrected chi connectivity index (χ2v) is 8.27. The summed E-state index contributed by atoms with van der Waals surface area (Å²) in [5.74, 6) is 1.03. The van der Waals surface area contributed by atoms with Crippen molar-refractivity contribution in [2.45, 2.75) is 39.5 Å². The van der Waals surface area contributed by atoms with Gasteiger partial charge in [0.2, 0.25) is 16.9 Å². The number of para-hydroxylation sites is 1. The summed E-state index contributed by atoms with van der Waals surface area (Å²) in [7, 11) is 0. The number of nitrogens with zero attached hydrogens (tertiary/aromatic N) is 3. The maximum Gasteiger partial charge on any atom is 0.232 e. The SMILES string of the molecule is CCCc1ccc2c(n1)Oc1ccccc1[C@@H]2C(C)(C)C(=O)Nc1nncs1. The number of rotatable bonds is 5. The van der Waals surface area contributed by atoms with Crippen LogP contribution in [-0.2, 0) is 11.2 Å². The van der Waals surface area contributed by atoms with E-state index in [0.29, 0.717) is 11.0 Å². The molecule has 1 aliphatic heterocycles. The highest BCUT2D eigenvalue weighted by Crippen LogP contribution is 2.51. The van der Waals surface area contributed by atoms with Crippen molar-refractivity contribution in [1.82, 2.24) is 15.2 Å². The Bertz CT molecular complexity index is 1000. The van der Waals surface area contributed by atoms with Gasteiger partial charge in [0.1, 0.15) is 11.3 Å². The van der Waals surface area contributed by atoms with Gasteiger partial charge in [-0.25, -0.2) is 4.98 Å². The Hall–Kier alpha value is -2.80. The molecule has 28 heavy (non-hydrogen) atoms. The molecule has 6 nitrogen and oxygen atoms in total. The summed E-state index contributed by atoms with van der Waals surface area (Å²) < 4.78 is 6.11. The highest BCUT2D eigenvalue weighted by atomic mass is 32.1. The van der Waals surface area contributed by atoms with Crippen LogP contribution in [0.5, 0.6) is 11.6 Å². The smallest absolute Gasteiger partial charge is 0.232 e. The molecule has 4 rings (SSSR count). The lowest BCUT2D eigenvalue weighted by Crippen LogP contribution is -2.38. The molecule has 1 aromatic carbocycles. The van der Waals surface area contributed by atoms with Crippen molar-refractivity contribution in [1.29, 1.82) is 0 Å². The molecule has 1 aliphatic rings. The number of fused-ring (bicyclic) bond motifs is 2. The molecule has 1 atom stereocenters. The summed E-state index contributed by atoms with van der Waals surface area (Å²) in [4.78, 5) is 17.9. The van der Waals surface area contributed by atoms with Crippen LogP contribution in [0.3, 0.4) is 0 Å². The number of benzene rings is 1. The molecule has 0 radical (unpaired) electrons. The molecular weight excluding hydrogens is 372 g/mol. The number of aryl methyl sites for hydroxylation is 1. The second kappa shape index (κ2) is 7.31. The molecular formula is C21H22N4O2S. The molecule has 0 aliphatic carbocycles. The summed E-state index contributed by atoms with van der Waals surface area (Å²) >= 11 is 1.30. The van der Waals surface area contributed by atoms with E-state index in [9.17, 15) is 4.79 Å². The first-order valence-electron chi connectivity index (χ1n) is 9.35. The number of hydrogen-bond donors (Lipinski definition) is 1. The summed E-state index contributed by atoms with van der Waals surface area (Å²) in [6.07, 6.45) is 1.91. The molecule has 7 heteroatoms. The zero-order chi connectivity index (χ0) is 19.7. The summed E-state index contributed by atoms with van der Waals surface area (Å²) in [5.41, 5.74) is 3.75. The van der Waals surface area contributed by atoms with Crippen molar-refractivity contribution in [3.8, 4) is 11.6 Å². The van der Waals surface area contributed by atoms with Gasteiger partial charge in [-0.2, -0.15) is 0 Å². The Morgan fingerprint density at radius 1 is 1.21 bits per heavy atom. The summed E-state index contributed by atoms with van der Waals surface area (Å²) in [5, 5.41) is 11.1. The summed E-state index contributed by atoms with van der Waals surface area (Å²) in [6.45, 7) is 6.01. The second-order valence-electron chi connectivity index (χ2n) is 7.44. The molecule has 0 unspecified atom stereocenters. The van der Waals surface area contributed by atoms with Crippen LogP contribution in [0.2, 0.25) is 0 Å². The van der Waals surface area contributed by atoms with Crippen LogP contribution in [0.4, 0.5) is 5.13 Å². The average Bonchev–Trinajstić information content (AvgIpc) is 3.19. The molecule has 0 saturated carbocycles. The Morgan fingerprint density at radius 3 is 2.79 bits per heavy atom. The molecule has 1 N–H and O–H groups in total. The van der Waals surface area contributed by atoms with E-state index in [2.05, 4.69) is 22.4 Å². The van der Waals surface area contributed by atoms with Crippen LogP contribution in [-0.4, -0.2) is 21.1 Å². The molecule has 3 heterocycles. The van der Waals surface area contributed by atoms with Gasteiger partial charge in [-0.15, -0.1) is 10.2 Å². The average molecular weight is 395 g/mol. The van der Waals surface area contributed by atoms with Gasteiger partial charge in [-0.3, -0.25) is 4.79 Å². The van der Waals surface area contributed by atoms with Crippen LogP contribution in [0, 0.1) is 5.41 Å². The van der Waals surface area contributed by atoms with E-state index >= 15 is 0 Å². The monoisotopic (exact) mass is 394 g/mol. The van der Waals surface area contributed by atoms with E-state index in [1.807, 2.05) is 50.2 Å². The van der Waals surface area contributed by atoms with Gasteiger partial charge in [-0.05, 0) is 18.6 Å². The largest absolute Gasteiger partial charge is 0.438 e. The van der Waals surface area contributed by atoms with Crippen LogP contribution in [0.25, 0.3) is 0 Å². The number of pyridine rings is 1. The van der Waals surface area contributed by atoms with E-state index in [1.54, 1.807) is 5.51 Å². The predicted molar refractivity (Wildman–Crippen MR) is 109 cm³/mol. The number of carbonyl (C=O) groups is 1. The van der Waals surface area contributed by atoms with Gasteiger partial charge < -0.3 is 10.1 Å². The quantitative estimate of drug-likeness (QED) is 0.673. The van der Waals surface area contributed by atoms with Crippen molar-refractivity contribution >= 4 is 22.4 Å². The molecule has 0 saturated heterocycles. The van der Waals surface area contributed by atoms with Gasteiger partial charge in [-0.1, -0.05) is 62.8 Å². The standard InChI is InChI=1S/C21H22N4O2S/c1-4-7-13-10-11-15-17(14-8-5-6-9-16(14)27-18(15)23-13)21(2,3)19(26)24-20-25-22-12-28-20/h5-6,8-12,17H,4,7H2,1-3H3,(H,24,25,26)/t17-/m0/s1. The predicted octanol–water partition coefficient (Wildman–Crippen LogP) is 4.79. The number of hydrogen-bond acceptors (Lipinski definition) is 6. The number of aromatic nitrogens is 3. The molecule has 2 aromatic heterocycles. The zero-order valence-electron chi connectivity index (χ0n) is 16.1. The molecule has 1 amide bonds. The number of carbonyl (C=O) groups excluding carboxylic acids is 1. The highest BCUT2D eigenvalue weighted by molar-refractivity contribution is 7.13. The lowest BCUT2D eigenvalue weighted by Gasteiger charge is -2.37. The van der Waals surface area contributed by atoms with Crippen LogP contribution in [0.15, 0.2) is 41.9 Å². The lowest BCUT2D eigenvalue weighted by molar-refractivity contribution is -0.124. The summed E-state index contributed by atoms with van der Waals surface area (Å²) in [6, 6.07) is 11.9. The molecule has 0 fully saturated rings. The molecule has 0 bridgehead atoms. The van der Waals surface area contributed by atoms with Crippen molar-refractivity contribution < 1.29 is 9.53 Å². The Morgan fingerprint density at radius 2 is 2.04 bits per heavy atom.